The number of hydrogen-bond donors (Lipinski definition) is 1. The van der Waals surface area contributed by atoms with E-state index in [1.54, 1.807) is 24.3 Å². The molecule has 0 saturated carbocycles. The molecule has 0 saturated heterocycles. The second-order valence-corrected chi connectivity index (χ2v) is 5.12. The molecule has 0 radical (unpaired) electrons. The fourth-order valence-electron chi connectivity index (χ4n) is 2.15. The highest BCUT2D eigenvalue weighted by molar-refractivity contribution is 6.30. The van der Waals surface area contributed by atoms with E-state index in [-0.39, 0.29) is 5.91 Å². The number of hydrogen-bond acceptors (Lipinski definition) is 2. The molecule has 1 amide bonds. The van der Waals surface area contributed by atoms with E-state index in [2.05, 4.69) is 24.1 Å². The van der Waals surface area contributed by atoms with Crippen LogP contribution in [0.15, 0.2) is 48.5 Å². The van der Waals surface area contributed by atoms with Gasteiger partial charge in [0, 0.05) is 35.1 Å². The topological polar surface area (TPSA) is 32.3 Å². The molecule has 4 heteroatoms. The SMILES string of the molecule is CCN(CC)c1ccc(C(=O)Nc2ccc(Cl)cc2)cc1. The molecule has 0 spiro atoms. The number of nitrogens with one attached hydrogen (secondary N) is 1. The average Bonchev–Trinajstić information content (AvgIpc) is 2.51. The van der Waals surface area contributed by atoms with E-state index in [9.17, 15) is 4.79 Å². The Morgan fingerprint density at radius 3 is 2.10 bits per heavy atom. The van der Waals surface area contributed by atoms with Gasteiger partial charge < -0.3 is 10.2 Å². The highest BCUT2D eigenvalue weighted by Gasteiger charge is 2.07. The molecule has 0 aliphatic rings. The molecule has 0 aliphatic carbocycles. The van der Waals surface area contributed by atoms with Gasteiger partial charge in [0.1, 0.15) is 0 Å². The van der Waals surface area contributed by atoms with E-state index >= 15 is 0 Å². The first-order chi connectivity index (χ1) is 10.1. The van der Waals surface area contributed by atoms with Crippen molar-refractivity contribution in [1.29, 1.82) is 0 Å². The minimum atomic E-state index is -0.122. The van der Waals surface area contributed by atoms with Crippen molar-refractivity contribution >= 4 is 28.9 Å². The molecule has 3 nitrogen and oxygen atoms in total. The lowest BCUT2D eigenvalue weighted by Gasteiger charge is -2.21. The van der Waals surface area contributed by atoms with E-state index in [4.69, 9.17) is 11.6 Å². The molecule has 0 heterocycles. The van der Waals surface area contributed by atoms with Crippen molar-refractivity contribution in [1.82, 2.24) is 0 Å². The summed E-state index contributed by atoms with van der Waals surface area (Å²) in [4.78, 5) is 14.4. The van der Waals surface area contributed by atoms with Crippen LogP contribution in [-0.2, 0) is 0 Å². The minimum absolute atomic E-state index is 0.122. The number of carbonyl (C=O) groups excluding carboxylic acids is 1. The molecule has 0 aromatic heterocycles. The summed E-state index contributed by atoms with van der Waals surface area (Å²) in [6.07, 6.45) is 0. The first-order valence-electron chi connectivity index (χ1n) is 7.06. The summed E-state index contributed by atoms with van der Waals surface area (Å²) >= 11 is 5.82. The molecule has 21 heavy (non-hydrogen) atoms. The second-order valence-electron chi connectivity index (χ2n) is 4.68. The van der Waals surface area contributed by atoms with E-state index in [1.165, 1.54) is 0 Å². The molecule has 110 valence electrons. The van der Waals surface area contributed by atoms with Crippen molar-refractivity contribution in [2.75, 3.05) is 23.3 Å². The van der Waals surface area contributed by atoms with Crippen molar-refractivity contribution < 1.29 is 4.79 Å². The number of rotatable bonds is 5. The van der Waals surface area contributed by atoms with Gasteiger partial charge in [0.2, 0.25) is 0 Å². The van der Waals surface area contributed by atoms with Gasteiger partial charge in [-0.1, -0.05) is 11.6 Å². The summed E-state index contributed by atoms with van der Waals surface area (Å²) in [7, 11) is 0. The van der Waals surface area contributed by atoms with Crippen molar-refractivity contribution in [3.8, 4) is 0 Å². The Labute approximate surface area is 130 Å². The number of amides is 1. The highest BCUT2D eigenvalue weighted by Crippen LogP contribution is 2.17. The van der Waals surface area contributed by atoms with Crippen molar-refractivity contribution in [3.63, 3.8) is 0 Å². The maximum absolute atomic E-state index is 12.2. The molecule has 1 N–H and O–H groups in total. The van der Waals surface area contributed by atoms with Crippen LogP contribution in [0.25, 0.3) is 0 Å². The summed E-state index contributed by atoms with van der Waals surface area (Å²) in [5.41, 5.74) is 2.50. The standard InChI is InChI=1S/C17H19ClN2O/c1-3-20(4-2)16-11-5-13(6-12-16)17(21)19-15-9-7-14(18)8-10-15/h5-12H,3-4H2,1-2H3,(H,19,21). The number of benzene rings is 2. The largest absolute Gasteiger partial charge is 0.372 e. The van der Waals surface area contributed by atoms with E-state index in [0.717, 1.165) is 24.5 Å². The van der Waals surface area contributed by atoms with Crippen LogP contribution in [0, 0.1) is 0 Å². The molecule has 0 unspecified atom stereocenters. The average molecular weight is 303 g/mol. The minimum Gasteiger partial charge on any atom is -0.372 e. The van der Waals surface area contributed by atoms with Crippen molar-refractivity contribution in [2.24, 2.45) is 0 Å². The van der Waals surface area contributed by atoms with E-state index in [1.807, 2.05) is 24.3 Å². The molecule has 2 rings (SSSR count). The number of halogens is 1. The summed E-state index contributed by atoms with van der Waals surface area (Å²) < 4.78 is 0. The first-order valence-corrected chi connectivity index (χ1v) is 7.43. The lowest BCUT2D eigenvalue weighted by molar-refractivity contribution is 0.102. The highest BCUT2D eigenvalue weighted by atomic mass is 35.5. The first kappa shape index (κ1) is 15.4. The van der Waals surface area contributed by atoms with Crippen LogP contribution in [0.1, 0.15) is 24.2 Å². The number of nitrogens with zero attached hydrogens (tertiary/aromatic N) is 1. The van der Waals surface area contributed by atoms with Gasteiger partial charge in [0.15, 0.2) is 0 Å². The Morgan fingerprint density at radius 2 is 1.57 bits per heavy atom. The third-order valence-electron chi connectivity index (χ3n) is 3.36. The maximum atomic E-state index is 12.2. The van der Waals surface area contributed by atoms with Crippen molar-refractivity contribution in [3.05, 3.63) is 59.1 Å². The van der Waals surface area contributed by atoms with Crippen LogP contribution in [0.2, 0.25) is 5.02 Å². The molecule has 0 atom stereocenters. The van der Waals surface area contributed by atoms with Gasteiger partial charge >= 0.3 is 0 Å². The molecule has 0 fully saturated rings. The van der Waals surface area contributed by atoms with Gasteiger partial charge in [0.05, 0.1) is 0 Å². The molecule has 0 bridgehead atoms. The molecular formula is C17H19ClN2O. The monoisotopic (exact) mass is 302 g/mol. The smallest absolute Gasteiger partial charge is 0.255 e. The van der Waals surface area contributed by atoms with Gasteiger partial charge in [0.25, 0.3) is 5.91 Å². The molecule has 2 aromatic carbocycles. The Kier molecular flexibility index (Phi) is 5.23. The second kappa shape index (κ2) is 7.14. The van der Waals surface area contributed by atoms with Gasteiger partial charge in [-0.05, 0) is 62.4 Å². The van der Waals surface area contributed by atoms with Crippen LogP contribution in [0.5, 0.6) is 0 Å². The predicted octanol–water partition coefficient (Wildman–Crippen LogP) is 4.44. The summed E-state index contributed by atoms with van der Waals surface area (Å²) in [5.74, 6) is -0.122. The zero-order valence-corrected chi connectivity index (χ0v) is 13.0. The molecule has 0 aliphatic heterocycles. The normalized spacial score (nSPS) is 10.2. The van der Waals surface area contributed by atoms with Crippen LogP contribution in [0.3, 0.4) is 0 Å². The summed E-state index contributed by atoms with van der Waals surface area (Å²) in [6, 6.07) is 14.7. The fourth-order valence-corrected chi connectivity index (χ4v) is 2.27. The van der Waals surface area contributed by atoms with Crippen LogP contribution in [0.4, 0.5) is 11.4 Å². The van der Waals surface area contributed by atoms with Gasteiger partial charge in [-0.3, -0.25) is 4.79 Å². The molecular weight excluding hydrogens is 284 g/mol. The Bertz CT molecular complexity index is 589. The Morgan fingerprint density at radius 1 is 1.00 bits per heavy atom. The summed E-state index contributed by atoms with van der Waals surface area (Å²) in [6.45, 7) is 6.13. The lowest BCUT2D eigenvalue weighted by Crippen LogP contribution is -2.21. The van der Waals surface area contributed by atoms with Gasteiger partial charge in [-0.2, -0.15) is 0 Å². The van der Waals surface area contributed by atoms with Crippen LogP contribution >= 0.6 is 11.6 Å². The zero-order chi connectivity index (χ0) is 15.2. The Balaban J connectivity index is 2.07. The number of anilines is 2. The Hall–Kier alpha value is -2.00. The predicted molar refractivity (Wildman–Crippen MR) is 89.4 cm³/mol. The third-order valence-corrected chi connectivity index (χ3v) is 3.61. The molecule has 2 aromatic rings. The van der Waals surface area contributed by atoms with Crippen LogP contribution < -0.4 is 10.2 Å². The van der Waals surface area contributed by atoms with Crippen molar-refractivity contribution in [2.45, 2.75) is 13.8 Å². The zero-order valence-electron chi connectivity index (χ0n) is 12.3. The van der Waals surface area contributed by atoms with Crippen LogP contribution in [-0.4, -0.2) is 19.0 Å². The number of carbonyl (C=O) groups is 1. The van der Waals surface area contributed by atoms with E-state index < -0.39 is 0 Å². The van der Waals surface area contributed by atoms with Gasteiger partial charge in [-0.15, -0.1) is 0 Å². The maximum Gasteiger partial charge on any atom is 0.255 e. The van der Waals surface area contributed by atoms with Gasteiger partial charge in [-0.25, -0.2) is 0 Å². The third kappa shape index (κ3) is 3.99. The van der Waals surface area contributed by atoms with E-state index in [0.29, 0.717) is 10.6 Å². The summed E-state index contributed by atoms with van der Waals surface area (Å²) in [5, 5.41) is 3.50. The quantitative estimate of drug-likeness (QED) is 0.885. The fraction of sp³-hybridized carbons (Fsp3) is 0.235. The lowest BCUT2D eigenvalue weighted by atomic mass is 10.1.